The van der Waals surface area contributed by atoms with E-state index in [1.54, 1.807) is 22.7 Å². The van der Waals surface area contributed by atoms with E-state index in [0.717, 1.165) is 55.7 Å². The molecule has 4 aromatic rings. The van der Waals surface area contributed by atoms with Crippen molar-refractivity contribution in [3.63, 3.8) is 0 Å². The molecule has 0 fully saturated rings. The lowest BCUT2D eigenvalue weighted by Crippen LogP contribution is -2.09. The van der Waals surface area contributed by atoms with Crippen LogP contribution in [0.15, 0.2) is 35.1 Å². The molecule has 1 aromatic carbocycles. The number of benzene rings is 1. The average Bonchev–Trinajstić information content (AvgIpc) is 3.46. The van der Waals surface area contributed by atoms with Crippen LogP contribution in [0.25, 0.3) is 17.2 Å². The highest BCUT2D eigenvalue weighted by molar-refractivity contribution is 5.60. The quantitative estimate of drug-likeness (QED) is 0.338. The number of nitrogens with zero attached hydrogens (tertiary/aromatic N) is 6. The van der Waals surface area contributed by atoms with Crippen LogP contribution in [0.2, 0.25) is 0 Å². The highest BCUT2D eigenvalue weighted by Gasteiger charge is 2.11. The van der Waals surface area contributed by atoms with Gasteiger partial charge in [-0.15, -0.1) is 0 Å². The number of fused-ring (bicyclic) bond motifs is 1. The number of hydrogen-bond acceptors (Lipinski definition) is 9. The van der Waals surface area contributed by atoms with Gasteiger partial charge in [0.05, 0.1) is 7.11 Å². The van der Waals surface area contributed by atoms with Gasteiger partial charge in [-0.05, 0) is 37.5 Å². The van der Waals surface area contributed by atoms with Gasteiger partial charge in [0.15, 0.2) is 11.5 Å². The van der Waals surface area contributed by atoms with Crippen molar-refractivity contribution < 1.29 is 14.4 Å². The first kappa shape index (κ1) is 21.5. The second-order valence-electron chi connectivity index (χ2n) is 7.49. The first-order valence-corrected chi connectivity index (χ1v) is 10.8. The normalized spacial score (nSPS) is 11.2. The number of aromatic nitrogens is 6. The van der Waals surface area contributed by atoms with Crippen LogP contribution >= 0.6 is 0 Å². The molecule has 0 atom stereocenters. The Labute approximate surface area is 185 Å². The Morgan fingerprint density at radius 2 is 2.03 bits per heavy atom. The summed E-state index contributed by atoms with van der Waals surface area (Å²) in [5, 5.41) is 21.5. The molecule has 3 heterocycles. The van der Waals surface area contributed by atoms with E-state index in [9.17, 15) is 5.11 Å². The monoisotopic (exact) mass is 437 g/mol. The van der Waals surface area contributed by atoms with E-state index >= 15 is 0 Å². The number of aromatic hydroxyl groups is 1. The molecular weight excluding hydrogens is 410 g/mol. The molecule has 32 heavy (non-hydrogen) atoms. The maximum atomic E-state index is 9.72. The van der Waals surface area contributed by atoms with Crippen molar-refractivity contribution in [2.75, 3.05) is 19.0 Å². The summed E-state index contributed by atoms with van der Waals surface area (Å²) in [5.74, 6) is 3.07. The summed E-state index contributed by atoms with van der Waals surface area (Å²) in [6.07, 6.45) is 7.15. The van der Waals surface area contributed by atoms with Crippen molar-refractivity contribution in [2.45, 2.75) is 45.4 Å². The van der Waals surface area contributed by atoms with Crippen LogP contribution in [0.1, 0.15) is 44.2 Å². The standard InChI is InChI=1S/C22H27N7O3/c1-3-7-16-13-19(29-22(26-16)24-14-25-29)23-11-6-4-5-8-20-27-21(28-32-20)15-9-10-17(30)18(12-15)31-2/h9-10,12-14,23,30H,3-8,11H2,1-2H3. The minimum atomic E-state index is 0.0754. The molecule has 0 bridgehead atoms. The minimum Gasteiger partial charge on any atom is -0.504 e. The number of aryl methyl sites for hydroxylation is 2. The summed E-state index contributed by atoms with van der Waals surface area (Å²) >= 11 is 0. The fraction of sp³-hybridized carbons (Fsp3) is 0.409. The third-order valence-electron chi connectivity index (χ3n) is 5.09. The molecular formula is C22H27N7O3. The zero-order chi connectivity index (χ0) is 22.3. The van der Waals surface area contributed by atoms with E-state index in [4.69, 9.17) is 9.26 Å². The molecule has 0 amide bonds. The third kappa shape index (κ3) is 4.96. The summed E-state index contributed by atoms with van der Waals surface area (Å²) in [4.78, 5) is 13.2. The molecule has 10 heteroatoms. The lowest BCUT2D eigenvalue weighted by Gasteiger charge is -2.09. The molecule has 168 valence electrons. The summed E-state index contributed by atoms with van der Waals surface area (Å²) in [6, 6.07) is 7.02. The van der Waals surface area contributed by atoms with Crippen molar-refractivity contribution in [3.8, 4) is 22.9 Å². The van der Waals surface area contributed by atoms with Crippen LogP contribution in [-0.4, -0.2) is 48.5 Å². The lowest BCUT2D eigenvalue weighted by atomic mass is 10.2. The second kappa shape index (κ2) is 10.1. The zero-order valence-electron chi connectivity index (χ0n) is 18.3. The summed E-state index contributed by atoms with van der Waals surface area (Å²) in [6.45, 7) is 2.96. The highest BCUT2D eigenvalue weighted by Crippen LogP contribution is 2.30. The predicted octanol–water partition coefficient (Wildman–Crippen LogP) is 3.67. The molecule has 0 saturated heterocycles. The number of methoxy groups -OCH3 is 1. The first-order valence-electron chi connectivity index (χ1n) is 10.8. The van der Waals surface area contributed by atoms with E-state index in [1.807, 2.05) is 6.07 Å². The molecule has 2 N–H and O–H groups in total. The van der Waals surface area contributed by atoms with Crippen molar-refractivity contribution in [2.24, 2.45) is 0 Å². The number of rotatable bonds is 11. The van der Waals surface area contributed by atoms with E-state index in [1.165, 1.54) is 13.4 Å². The maximum absolute atomic E-state index is 9.72. The van der Waals surface area contributed by atoms with Crippen LogP contribution in [0, 0.1) is 0 Å². The molecule has 0 aliphatic carbocycles. The van der Waals surface area contributed by atoms with Gasteiger partial charge in [0, 0.05) is 30.3 Å². The van der Waals surface area contributed by atoms with Gasteiger partial charge in [-0.1, -0.05) is 24.9 Å². The smallest absolute Gasteiger partial charge is 0.254 e. The Morgan fingerprint density at radius 1 is 1.12 bits per heavy atom. The number of unbranched alkanes of at least 4 members (excludes halogenated alkanes) is 2. The number of anilines is 1. The van der Waals surface area contributed by atoms with Gasteiger partial charge in [-0.25, -0.2) is 4.98 Å². The van der Waals surface area contributed by atoms with E-state index in [2.05, 4.69) is 37.4 Å². The van der Waals surface area contributed by atoms with Gasteiger partial charge in [0.2, 0.25) is 11.7 Å². The molecule has 0 radical (unpaired) electrons. The molecule has 0 saturated carbocycles. The number of phenols is 1. The fourth-order valence-corrected chi connectivity index (χ4v) is 3.46. The minimum absolute atomic E-state index is 0.0754. The highest BCUT2D eigenvalue weighted by atomic mass is 16.5. The SMILES string of the molecule is CCCc1cc(NCCCCCc2nc(-c3ccc(O)c(OC)c3)no2)n2ncnc2n1. The van der Waals surface area contributed by atoms with Gasteiger partial charge in [-0.2, -0.15) is 19.6 Å². The first-order chi connectivity index (χ1) is 15.7. The topological polar surface area (TPSA) is 123 Å². The van der Waals surface area contributed by atoms with E-state index < -0.39 is 0 Å². The Bertz CT molecular complexity index is 1170. The number of ether oxygens (including phenoxy) is 1. The summed E-state index contributed by atoms with van der Waals surface area (Å²) in [5.41, 5.74) is 1.76. The molecule has 0 unspecified atom stereocenters. The van der Waals surface area contributed by atoms with Crippen LogP contribution in [0.4, 0.5) is 5.82 Å². The molecule has 4 rings (SSSR count). The van der Waals surface area contributed by atoms with E-state index in [-0.39, 0.29) is 5.75 Å². The van der Waals surface area contributed by atoms with Gasteiger partial charge in [-0.3, -0.25) is 0 Å². The van der Waals surface area contributed by atoms with Crippen molar-refractivity contribution in [1.82, 2.24) is 29.7 Å². The molecule has 3 aromatic heterocycles. The molecule has 0 aliphatic heterocycles. The molecule has 10 nitrogen and oxygen atoms in total. The van der Waals surface area contributed by atoms with Gasteiger partial charge in [0.25, 0.3) is 5.78 Å². The molecule has 0 spiro atoms. The summed E-state index contributed by atoms with van der Waals surface area (Å²) < 4.78 is 12.2. The largest absolute Gasteiger partial charge is 0.504 e. The van der Waals surface area contributed by atoms with Crippen LogP contribution in [0.3, 0.4) is 0 Å². The zero-order valence-corrected chi connectivity index (χ0v) is 18.3. The third-order valence-corrected chi connectivity index (χ3v) is 5.09. The van der Waals surface area contributed by atoms with E-state index in [0.29, 0.717) is 29.7 Å². The summed E-state index contributed by atoms with van der Waals surface area (Å²) in [7, 11) is 1.50. The fourth-order valence-electron chi connectivity index (χ4n) is 3.46. The van der Waals surface area contributed by atoms with Gasteiger partial charge < -0.3 is 19.7 Å². The van der Waals surface area contributed by atoms with Crippen molar-refractivity contribution in [1.29, 1.82) is 0 Å². The maximum Gasteiger partial charge on any atom is 0.254 e. The molecule has 0 aliphatic rings. The van der Waals surface area contributed by atoms with Gasteiger partial charge in [0.1, 0.15) is 12.1 Å². The van der Waals surface area contributed by atoms with Crippen molar-refractivity contribution in [3.05, 3.63) is 42.2 Å². The number of hydrogen-bond donors (Lipinski definition) is 2. The van der Waals surface area contributed by atoms with Crippen LogP contribution in [-0.2, 0) is 12.8 Å². The Hall–Kier alpha value is -3.69. The Morgan fingerprint density at radius 3 is 2.88 bits per heavy atom. The Balaban J connectivity index is 1.25. The van der Waals surface area contributed by atoms with Crippen LogP contribution < -0.4 is 10.1 Å². The van der Waals surface area contributed by atoms with Gasteiger partial charge >= 0.3 is 0 Å². The van der Waals surface area contributed by atoms with Crippen molar-refractivity contribution >= 4 is 11.6 Å². The average molecular weight is 438 g/mol. The lowest BCUT2D eigenvalue weighted by molar-refractivity contribution is 0.372. The number of phenolic OH excluding ortho intramolecular Hbond substituents is 1. The number of nitrogens with one attached hydrogen (secondary N) is 1. The Kier molecular flexibility index (Phi) is 6.78. The second-order valence-corrected chi connectivity index (χ2v) is 7.49. The van der Waals surface area contributed by atoms with Crippen LogP contribution in [0.5, 0.6) is 11.5 Å². The predicted molar refractivity (Wildman–Crippen MR) is 119 cm³/mol.